The maximum absolute atomic E-state index is 13.5. The average molecular weight is 437 g/mol. The summed E-state index contributed by atoms with van der Waals surface area (Å²) in [5, 5.41) is 4.60. The highest BCUT2D eigenvalue weighted by molar-refractivity contribution is 7.93. The van der Waals surface area contributed by atoms with E-state index in [1.165, 1.54) is 36.5 Å². The van der Waals surface area contributed by atoms with Crippen LogP contribution in [0.2, 0.25) is 0 Å². The second-order valence-electron chi connectivity index (χ2n) is 6.68. The van der Waals surface area contributed by atoms with E-state index >= 15 is 0 Å². The van der Waals surface area contributed by atoms with Crippen LogP contribution in [0.15, 0.2) is 58.9 Å². The molecule has 0 atom stereocenters. The lowest BCUT2D eigenvalue weighted by Gasteiger charge is -2.27. The number of hydrogen-bond donors (Lipinski definition) is 2. The van der Waals surface area contributed by atoms with E-state index in [1.54, 1.807) is 19.2 Å². The molecule has 10 heteroatoms. The molecule has 0 unspecified atom stereocenters. The van der Waals surface area contributed by atoms with Gasteiger partial charge in [0.05, 0.1) is 10.4 Å². The molecule has 0 saturated heterocycles. The Balaban J connectivity index is 1.75. The molecule has 2 aromatic carbocycles. The third-order valence-corrected chi connectivity index (χ3v) is 6.32. The van der Waals surface area contributed by atoms with Crippen LogP contribution in [0.4, 0.5) is 13.9 Å². The standard InChI is InChI=1S/C19H17F2N3O3S2/c1-19(2,13-5-8-15(20)16(21)11-13)23-17(25)12-3-6-14(7-4-12)29(26,27)24-18-22-9-10-28-18/h3-11H,1-2H3,(H,22,24)(H,23,25). The first-order valence-electron chi connectivity index (χ1n) is 8.39. The maximum Gasteiger partial charge on any atom is 0.263 e. The second-order valence-corrected chi connectivity index (χ2v) is 9.25. The number of nitrogens with one attached hydrogen (secondary N) is 2. The van der Waals surface area contributed by atoms with Crippen LogP contribution in [-0.4, -0.2) is 19.3 Å². The van der Waals surface area contributed by atoms with Gasteiger partial charge >= 0.3 is 0 Å². The smallest absolute Gasteiger partial charge is 0.263 e. The summed E-state index contributed by atoms with van der Waals surface area (Å²) in [5.74, 6) is -2.47. The van der Waals surface area contributed by atoms with Crippen molar-refractivity contribution in [1.82, 2.24) is 10.3 Å². The molecule has 1 amide bonds. The molecule has 2 N–H and O–H groups in total. The van der Waals surface area contributed by atoms with Gasteiger partial charge in [-0.25, -0.2) is 22.2 Å². The van der Waals surface area contributed by atoms with Gasteiger partial charge in [0.25, 0.3) is 15.9 Å². The number of hydrogen-bond acceptors (Lipinski definition) is 5. The summed E-state index contributed by atoms with van der Waals surface area (Å²) >= 11 is 1.14. The van der Waals surface area contributed by atoms with E-state index in [2.05, 4.69) is 15.0 Å². The predicted molar refractivity (Wildman–Crippen MR) is 106 cm³/mol. The summed E-state index contributed by atoms with van der Waals surface area (Å²) in [6.45, 7) is 3.29. The van der Waals surface area contributed by atoms with Crippen molar-refractivity contribution in [2.45, 2.75) is 24.3 Å². The minimum absolute atomic E-state index is 0.0240. The molecule has 29 heavy (non-hydrogen) atoms. The topological polar surface area (TPSA) is 88.2 Å². The highest BCUT2D eigenvalue weighted by atomic mass is 32.2. The summed E-state index contributed by atoms with van der Waals surface area (Å²) < 4.78 is 53.7. The number of nitrogens with zero attached hydrogens (tertiary/aromatic N) is 1. The average Bonchev–Trinajstić information content (AvgIpc) is 3.16. The Kier molecular flexibility index (Phi) is 5.67. The van der Waals surface area contributed by atoms with Crippen LogP contribution in [-0.2, 0) is 15.6 Å². The van der Waals surface area contributed by atoms with Crippen LogP contribution in [0.5, 0.6) is 0 Å². The third kappa shape index (κ3) is 4.77. The van der Waals surface area contributed by atoms with Crippen LogP contribution in [0.25, 0.3) is 0 Å². The zero-order valence-corrected chi connectivity index (χ0v) is 17.1. The molecule has 0 bridgehead atoms. The van der Waals surface area contributed by atoms with E-state index < -0.39 is 33.1 Å². The summed E-state index contributed by atoms with van der Waals surface area (Å²) in [4.78, 5) is 16.4. The van der Waals surface area contributed by atoms with Gasteiger partial charge in [0.15, 0.2) is 16.8 Å². The normalized spacial score (nSPS) is 11.9. The summed E-state index contributed by atoms with van der Waals surface area (Å²) in [6, 6.07) is 8.74. The lowest BCUT2D eigenvalue weighted by molar-refractivity contribution is 0.0911. The Labute approximate surface area is 170 Å². The Bertz CT molecular complexity index is 1130. The molecule has 0 aliphatic heterocycles. The third-order valence-electron chi connectivity index (χ3n) is 4.15. The van der Waals surface area contributed by atoms with Gasteiger partial charge in [-0.1, -0.05) is 6.07 Å². The van der Waals surface area contributed by atoms with Gasteiger partial charge in [-0.2, -0.15) is 0 Å². The molecule has 6 nitrogen and oxygen atoms in total. The van der Waals surface area contributed by atoms with E-state index in [0.717, 1.165) is 23.5 Å². The van der Waals surface area contributed by atoms with Crippen molar-refractivity contribution in [3.05, 3.63) is 76.8 Å². The predicted octanol–water partition coefficient (Wildman–Crippen LogP) is 3.89. The molecule has 3 aromatic rings. The highest BCUT2D eigenvalue weighted by Gasteiger charge is 2.25. The van der Waals surface area contributed by atoms with Gasteiger partial charge in [-0.05, 0) is 55.8 Å². The van der Waals surface area contributed by atoms with Crippen molar-refractivity contribution >= 4 is 32.4 Å². The van der Waals surface area contributed by atoms with Crippen LogP contribution < -0.4 is 10.0 Å². The first-order chi connectivity index (χ1) is 13.6. The number of carbonyl (C=O) groups is 1. The summed E-state index contributed by atoms with van der Waals surface area (Å²) in [6.07, 6.45) is 1.48. The van der Waals surface area contributed by atoms with E-state index in [9.17, 15) is 22.0 Å². The number of sulfonamides is 1. The van der Waals surface area contributed by atoms with Gasteiger partial charge in [0, 0.05) is 17.1 Å². The number of aromatic nitrogens is 1. The Hall–Kier alpha value is -2.85. The molecule has 152 valence electrons. The van der Waals surface area contributed by atoms with Crippen molar-refractivity contribution in [3.63, 3.8) is 0 Å². The molecule has 0 fully saturated rings. The first-order valence-corrected chi connectivity index (χ1v) is 10.8. The number of thiazole rings is 1. The Morgan fingerprint density at radius 2 is 1.76 bits per heavy atom. The van der Waals surface area contributed by atoms with E-state index in [4.69, 9.17) is 0 Å². The lowest BCUT2D eigenvalue weighted by atomic mass is 9.93. The van der Waals surface area contributed by atoms with Crippen molar-refractivity contribution in [2.75, 3.05) is 4.72 Å². The highest BCUT2D eigenvalue weighted by Crippen LogP contribution is 2.23. The van der Waals surface area contributed by atoms with Crippen LogP contribution in [0, 0.1) is 11.6 Å². The zero-order chi connectivity index (χ0) is 21.2. The minimum atomic E-state index is -3.82. The summed E-state index contributed by atoms with van der Waals surface area (Å²) in [7, 11) is -3.82. The van der Waals surface area contributed by atoms with Gasteiger partial charge in [0.2, 0.25) is 0 Å². The molecule has 0 saturated carbocycles. The lowest BCUT2D eigenvalue weighted by Crippen LogP contribution is -2.41. The van der Waals surface area contributed by atoms with Crippen LogP contribution in [0.1, 0.15) is 29.8 Å². The molecule has 0 radical (unpaired) electrons. The van der Waals surface area contributed by atoms with Crippen LogP contribution >= 0.6 is 11.3 Å². The molecule has 1 heterocycles. The quantitative estimate of drug-likeness (QED) is 0.613. The SMILES string of the molecule is CC(C)(NC(=O)c1ccc(S(=O)(=O)Nc2nccs2)cc1)c1ccc(F)c(F)c1. The number of amides is 1. The molecule has 0 spiro atoms. The van der Waals surface area contributed by atoms with Crippen molar-refractivity contribution in [3.8, 4) is 0 Å². The molecule has 3 rings (SSSR count). The maximum atomic E-state index is 13.5. The monoisotopic (exact) mass is 437 g/mol. The number of carbonyl (C=O) groups excluding carboxylic acids is 1. The fourth-order valence-electron chi connectivity index (χ4n) is 2.55. The molecular weight excluding hydrogens is 420 g/mol. The van der Waals surface area contributed by atoms with Crippen LogP contribution in [0.3, 0.4) is 0 Å². The van der Waals surface area contributed by atoms with E-state index in [1.807, 2.05) is 0 Å². The number of benzene rings is 2. The van der Waals surface area contributed by atoms with Gasteiger partial charge in [-0.3, -0.25) is 9.52 Å². The second kappa shape index (κ2) is 7.88. The largest absolute Gasteiger partial charge is 0.343 e. The molecular formula is C19H17F2N3O3S2. The van der Waals surface area contributed by atoms with Gasteiger partial charge in [0.1, 0.15) is 0 Å². The fourth-order valence-corrected chi connectivity index (χ4v) is 4.33. The van der Waals surface area contributed by atoms with E-state index in [-0.39, 0.29) is 15.6 Å². The Morgan fingerprint density at radius 3 is 2.34 bits per heavy atom. The number of halogens is 2. The van der Waals surface area contributed by atoms with Crippen molar-refractivity contribution in [1.29, 1.82) is 0 Å². The first kappa shape index (κ1) is 20.9. The number of rotatable bonds is 6. The molecule has 0 aliphatic rings. The molecule has 0 aliphatic carbocycles. The van der Waals surface area contributed by atoms with E-state index in [0.29, 0.717) is 5.56 Å². The van der Waals surface area contributed by atoms with Gasteiger partial charge < -0.3 is 5.32 Å². The number of anilines is 1. The van der Waals surface area contributed by atoms with Crippen molar-refractivity contribution in [2.24, 2.45) is 0 Å². The zero-order valence-electron chi connectivity index (χ0n) is 15.4. The fraction of sp³-hybridized carbons (Fsp3) is 0.158. The molecule has 1 aromatic heterocycles. The van der Waals surface area contributed by atoms with Crippen molar-refractivity contribution < 1.29 is 22.0 Å². The minimum Gasteiger partial charge on any atom is -0.343 e. The Morgan fingerprint density at radius 1 is 1.07 bits per heavy atom. The summed E-state index contributed by atoms with van der Waals surface area (Å²) in [5.41, 5.74) is -0.381. The van der Waals surface area contributed by atoms with Gasteiger partial charge in [-0.15, -0.1) is 11.3 Å².